The maximum atomic E-state index is 5.33. The Balaban J connectivity index is 2.05. The highest BCUT2D eigenvalue weighted by molar-refractivity contribution is 5.98. The molecule has 0 aliphatic rings. The molecule has 2 aromatic carbocycles. The van der Waals surface area contributed by atoms with Gasteiger partial charge in [0.25, 0.3) is 0 Å². The molecule has 2 aromatic rings. The minimum absolute atomic E-state index is 0.645. The number of hydrazone groups is 1. The number of aryl methyl sites for hydroxylation is 2. The highest BCUT2D eigenvalue weighted by atomic mass is 16.5. The van der Waals surface area contributed by atoms with Crippen LogP contribution in [0.4, 0.5) is 0 Å². The fraction of sp³-hybridized carbons (Fsp3) is 0.278. The molecule has 1 N–H and O–H groups in total. The van der Waals surface area contributed by atoms with Crippen LogP contribution < -0.4 is 10.2 Å². The van der Waals surface area contributed by atoms with Crippen LogP contribution in [-0.2, 0) is 6.54 Å². The highest BCUT2D eigenvalue weighted by Crippen LogP contribution is 2.16. The van der Waals surface area contributed by atoms with E-state index in [0.717, 1.165) is 22.6 Å². The molecular formula is C18H22N2O. The summed E-state index contributed by atoms with van der Waals surface area (Å²) in [6, 6.07) is 14.4. The second-order valence-electron chi connectivity index (χ2n) is 5.14. The molecule has 2 rings (SSSR count). The number of hydrogen-bond donors (Lipinski definition) is 1. The number of methoxy groups -OCH3 is 1. The quantitative estimate of drug-likeness (QED) is 0.668. The molecule has 0 saturated carbocycles. The molecule has 0 atom stereocenters. The third-order valence-corrected chi connectivity index (χ3v) is 3.63. The van der Waals surface area contributed by atoms with E-state index in [1.54, 1.807) is 7.11 Å². The number of benzene rings is 2. The lowest BCUT2D eigenvalue weighted by molar-refractivity contribution is 0.408. The minimum atomic E-state index is 0.645. The Hall–Kier alpha value is -2.29. The normalized spacial score (nSPS) is 11.3. The average molecular weight is 282 g/mol. The first-order chi connectivity index (χ1) is 10.1. The standard InChI is InChI=1S/C18H22N2O/c1-13-9-10-16(11-14(13)2)15(3)20-19-12-17-7-5-6-8-18(17)21-4/h5-11,19H,12H2,1-4H3/b20-15-. The zero-order chi connectivity index (χ0) is 15.2. The molecule has 110 valence electrons. The number of nitrogens with one attached hydrogen (secondary N) is 1. The molecule has 0 radical (unpaired) electrons. The van der Waals surface area contributed by atoms with Crippen molar-refractivity contribution >= 4 is 5.71 Å². The number of ether oxygens (including phenoxy) is 1. The van der Waals surface area contributed by atoms with E-state index in [1.165, 1.54) is 11.1 Å². The van der Waals surface area contributed by atoms with Crippen molar-refractivity contribution in [1.29, 1.82) is 0 Å². The summed E-state index contributed by atoms with van der Waals surface area (Å²) >= 11 is 0. The predicted molar refractivity (Wildman–Crippen MR) is 88.0 cm³/mol. The molecule has 0 bridgehead atoms. The number of hydrogen-bond acceptors (Lipinski definition) is 3. The zero-order valence-corrected chi connectivity index (χ0v) is 13.1. The van der Waals surface area contributed by atoms with Gasteiger partial charge in [-0.15, -0.1) is 0 Å². The zero-order valence-electron chi connectivity index (χ0n) is 13.1. The third kappa shape index (κ3) is 3.85. The maximum Gasteiger partial charge on any atom is 0.123 e. The minimum Gasteiger partial charge on any atom is -0.496 e. The molecule has 0 fully saturated rings. The molecule has 0 spiro atoms. The Bertz CT molecular complexity index is 647. The largest absolute Gasteiger partial charge is 0.496 e. The van der Waals surface area contributed by atoms with E-state index in [4.69, 9.17) is 4.74 Å². The predicted octanol–water partition coefficient (Wildman–Crippen LogP) is 3.83. The van der Waals surface area contributed by atoms with Gasteiger partial charge in [-0.05, 0) is 49.6 Å². The molecule has 0 saturated heterocycles. The Morgan fingerprint density at radius 1 is 1.10 bits per heavy atom. The summed E-state index contributed by atoms with van der Waals surface area (Å²) in [5, 5.41) is 4.45. The van der Waals surface area contributed by atoms with Crippen molar-refractivity contribution in [3.63, 3.8) is 0 Å². The van der Waals surface area contributed by atoms with E-state index < -0.39 is 0 Å². The van der Waals surface area contributed by atoms with Crippen molar-refractivity contribution < 1.29 is 4.74 Å². The van der Waals surface area contributed by atoms with Crippen LogP contribution in [0.5, 0.6) is 5.75 Å². The molecule has 0 amide bonds. The van der Waals surface area contributed by atoms with Crippen LogP contribution in [-0.4, -0.2) is 12.8 Å². The summed E-state index contributed by atoms with van der Waals surface area (Å²) in [4.78, 5) is 0. The topological polar surface area (TPSA) is 33.6 Å². The number of nitrogens with zero attached hydrogens (tertiary/aromatic N) is 1. The molecule has 0 heterocycles. The Morgan fingerprint density at radius 3 is 2.57 bits per heavy atom. The molecule has 3 heteroatoms. The van der Waals surface area contributed by atoms with E-state index in [9.17, 15) is 0 Å². The first kappa shape index (κ1) is 15.1. The van der Waals surface area contributed by atoms with Crippen molar-refractivity contribution in [3.8, 4) is 5.75 Å². The lowest BCUT2D eigenvalue weighted by atomic mass is 10.0. The summed E-state index contributed by atoms with van der Waals surface area (Å²) in [7, 11) is 1.68. The Kier molecular flexibility index (Phi) is 4.99. The Morgan fingerprint density at radius 2 is 1.86 bits per heavy atom. The third-order valence-electron chi connectivity index (χ3n) is 3.63. The van der Waals surface area contributed by atoms with E-state index in [1.807, 2.05) is 31.2 Å². The second-order valence-corrected chi connectivity index (χ2v) is 5.14. The monoisotopic (exact) mass is 282 g/mol. The van der Waals surface area contributed by atoms with Crippen molar-refractivity contribution in [2.45, 2.75) is 27.3 Å². The van der Waals surface area contributed by atoms with Gasteiger partial charge in [-0.1, -0.05) is 30.3 Å². The lowest BCUT2D eigenvalue weighted by Gasteiger charge is -2.09. The average Bonchev–Trinajstić information content (AvgIpc) is 2.50. The van der Waals surface area contributed by atoms with Crippen LogP contribution in [0.3, 0.4) is 0 Å². The lowest BCUT2D eigenvalue weighted by Crippen LogP contribution is -2.10. The summed E-state index contributed by atoms with van der Waals surface area (Å²) < 4.78 is 5.33. The SMILES string of the molecule is COc1ccccc1CN/N=C(/C)c1ccc(C)c(C)c1. The van der Waals surface area contributed by atoms with Crippen molar-refractivity contribution in [2.24, 2.45) is 5.10 Å². The van der Waals surface area contributed by atoms with Crippen molar-refractivity contribution in [2.75, 3.05) is 7.11 Å². The molecule has 3 nitrogen and oxygen atoms in total. The second kappa shape index (κ2) is 6.93. The van der Waals surface area contributed by atoms with Crippen molar-refractivity contribution in [3.05, 3.63) is 64.7 Å². The smallest absolute Gasteiger partial charge is 0.123 e. The van der Waals surface area contributed by atoms with Gasteiger partial charge in [-0.25, -0.2) is 0 Å². The van der Waals surface area contributed by atoms with Gasteiger partial charge in [0.05, 0.1) is 19.4 Å². The maximum absolute atomic E-state index is 5.33. The van der Waals surface area contributed by atoms with Crippen LogP contribution in [0.15, 0.2) is 47.6 Å². The van der Waals surface area contributed by atoms with Gasteiger partial charge >= 0.3 is 0 Å². The van der Waals surface area contributed by atoms with E-state index in [2.05, 4.69) is 42.6 Å². The number of rotatable bonds is 5. The van der Waals surface area contributed by atoms with Crippen LogP contribution >= 0.6 is 0 Å². The van der Waals surface area contributed by atoms with E-state index in [0.29, 0.717) is 6.54 Å². The van der Waals surface area contributed by atoms with Gasteiger partial charge in [0.15, 0.2) is 0 Å². The van der Waals surface area contributed by atoms with Crippen LogP contribution in [0.25, 0.3) is 0 Å². The molecule has 0 aliphatic carbocycles. The van der Waals surface area contributed by atoms with Crippen LogP contribution in [0.2, 0.25) is 0 Å². The van der Waals surface area contributed by atoms with Gasteiger partial charge in [-0.2, -0.15) is 5.10 Å². The summed E-state index contributed by atoms with van der Waals surface area (Å²) in [6.45, 7) is 6.89. The summed E-state index contributed by atoms with van der Waals surface area (Å²) in [6.07, 6.45) is 0. The van der Waals surface area contributed by atoms with Gasteiger partial charge in [0, 0.05) is 5.56 Å². The molecule has 0 unspecified atom stereocenters. The van der Waals surface area contributed by atoms with E-state index >= 15 is 0 Å². The van der Waals surface area contributed by atoms with E-state index in [-0.39, 0.29) is 0 Å². The van der Waals surface area contributed by atoms with Crippen LogP contribution in [0, 0.1) is 13.8 Å². The molecular weight excluding hydrogens is 260 g/mol. The van der Waals surface area contributed by atoms with Crippen molar-refractivity contribution in [1.82, 2.24) is 5.43 Å². The fourth-order valence-corrected chi connectivity index (χ4v) is 2.12. The molecule has 0 aromatic heterocycles. The van der Waals surface area contributed by atoms with Gasteiger partial charge in [0.2, 0.25) is 0 Å². The molecule has 21 heavy (non-hydrogen) atoms. The first-order valence-corrected chi connectivity index (χ1v) is 7.08. The van der Waals surface area contributed by atoms with Gasteiger partial charge < -0.3 is 10.2 Å². The van der Waals surface area contributed by atoms with Gasteiger partial charge in [-0.3, -0.25) is 0 Å². The molecule has 0 aliphatic heterocycles. The Labute approximate surface area is 126 Å². The summed E-state index contributed by atoms with van der Waals surface area (Å²) in [5.74, 6) is 0.879. The van der Waals surface area contributed by atoms with Crippen LogP contribution in [0.1, 0.15) is 29.2 Å². The number of para-hydroxylation sites is 1. The fourth-order valence-electron chi connectivity index (χ4n) is 2.12. The first-order valence-electron chi connectivity index (χ1n) is 7.08. The summed E-state index contributed by atoms with van der Waals surface area (Å²) in [5.41, 5.74) is 8.92. The van der Waals surface area contributed by atoms with Gasteiger partial charge in [0.1, 0.15) is 5.75 Å². The highest BCUT2D eigenvalue weighted by Gasteiger charge is 2.02.